The number of ether oxygens (including phenoxy) is 1. The van der Waals surface area contributed by atoms with Crippen LogP contribution in [0.25, 0.3) is 10.4 Å². The molecular formula is C11H21N5O2. The summed E-state index contributed by atoms with van der Waals surface area (Å²) >= 11 is 0. The number of nitrogens with two attached hydrogens (primary N) is 1. The minimum atomic E-state index is -0.671. The van der Waals surface area contributed by atoms with Gasteiger partial charge in [0.15, 0.2) is 0 Å². The van der Waals surface area contributed by atoms with Crippen molar-refractivity contribution in [2.75, 3.05) is 19.7 Å². The summed E-state index contributed by atoms with van der Waals surface area (Å²) in [5.41, 5.74) is 13.0. The Balaban J connectivity index is 2.52. The van der Waals surface area contributed by atoms with Gasteiger partial charge in [-0.15, -0.1) is 0 Å². The van der Waals surface area contributed by atoms with Gasteiger partial charge in [-0.2, -0.15) is 0 Å². The Morgan fingerprint density at radius 1 is 1.72 bits per heavy atom. The lowest BCUT2D eigenvalue weighted by Crippen LogP contribution is -2.60. The number of nitrogens with one attached hydrogen (secondary N) is 1. The predicted molar refractivity (Wildman–Crippen MR) is 67.8 cm³/mol. The maximum absolute atomic E-state index is 11.7. The van der Waals surface area contributed by atoms with Crippen LogP contribution >= 0.6 is 0 Å². The van der Waals surface area contributed by atoms with Gasteiger partial charge < -0.3 is 15.8 Å². The first kappa shape index (κ1) is 14.8. The summed E-state index contributed by atoms with van der Waals surface area (Å²) < 4.78 is 5.56. The number of carbonyl (C=O) groups excluding carboxylic acids is 1. The number of nitrogens with zero attached hydrogens (tertiary/aromatic N) is 3. The molecule has 0 bridgehead atoms. The summed E-state index contributed by atoms with van der Waals surface area (Å²) in [5.74, 6) is -0.326. The van der Waals surface area contributed by atoms with Crippen molar-refractivity contribution in [3.05, 3.63) is 10.4 Å². The van der Waals surface area contributed by atoms with E-state index < -0.39 is 5.54 Å². The smallest absolute Gasteiger partial charge is 0.237 e. The first-order valence-corrected chi connectivity index (χ1v) is 6.32. The average molecular weight is 255 g/mol. The summed E-state index contributed by atoms with van der Waals surface area (Å²) in [6.07, 6.45) is 2.85. The van der Waals surface area contributed by atoms with Crippen molar-refractivity contribution >= 4 is 5.91 Å². The molecule has 0 aromatic carbocycles. The molecule has 0 spiro atoms. The van der Waals surface area contributed by atoms with E-state index in [0.29, 0.717) is 39.0 Å². The highest BCUT2D eigenvalue weighted by Crippen LogP contribution is 2.26. The highest BCUT2D eigenvalue weighted by atomic mass is 16.5. The molecule has 7 nitrogen and oxygen atoms in total. The Labute approximate surface area is 107 Å². The van der Waals surface area contributed by atoms with Crippen LogP contribution in [0.5, 0.6) is 0 Å². The lowest BCUT2D eigenvalue weighted by Gasteiger charge is -2.39. The molecule has 3 N–H and O–H groups in total. The summed E-state index contributed by atoms with van der Waals surface area (Å²) in [4.78, 5) is 14.4. The average Bonchev–Trinajstić information content (AvgIpc) is 2.38. The molecule has 0 aliphatic carbocycles. The lowest BCUT2D eigenvalue weighted by molar-refractivity contribution is -0.131. The monoisotopic (exact) mass is 255 g/mol. The molecule has 0 saturated carbocycles. The van der Waals surface area contributed by atoms with Gasteiger partial charge >= 0.3 is 0 Å². The van der Waals surface area contributed by atoms with Crippen molar-refractivity contribution in [1.82, 2.24) is 5.32 Å². The molecule has 1 aliphatic rings. The Bertz CT molecular complexity index is 329. The van der Waals surface area contributed by atoms with Crippen LogP contribution in [0.1, 0.15) is 32.6 Å². The number of hydrogen-bond acceptors (Lipinski definition) is 4. The van der Waals surface area contributed by atoms with E-state index in [1.807, 2.05) is 6.92 Å². The van der Waals surface area contributed by atoms with Crippen LogP contribution in [0, 0.1) is 0 Å². The minimum Gasteiger partial charge on any atom is -0.378 e. The largest absolute Gasteiger partial charge is 0.378 e. The molecule has 1 amide bonds. The fourth-order valence-corrected chi connectivity index (χ4v) is 2.21. The molecule has 0 aromatic rings. The highest BCUT2D eigenvalue weighted by Gasteiger charge is 2.40. The molecule has 1 rings (SSSR count). The molecule has 1 fully saturated rings. The molecule has 2 unspecified atom stereocenters. The van der Waals surface area contributed by atoms with E-state index in [0.717, 1.165) is 6.42 Å². The molecule has 2 atom stereocenters. The van der Waals surface area contributed by atoms with Crippen LogP contribution in [0.4, 0.5) is 0 Å². The summed E-state index contributed by atoms with van der Waals surface area (Å²) in [7, 11) is 0. The van der Waals surface area contributed by atoms with E-state index in [2.05, 4.69) is 15.3 Å². The highest BCUT2D eigenvalue weighted by molar-refractivity contribution is 5.84. The van der Waals surface area contributed by atoms with E-state index >= 15 is 0 Å². The zero-order valence-corrected chi connectivity index (χ0v) is 10.8. The van der Waals surface area contributed by atoms with Crippen molar-refractivity contribution in [2.45, 2.75) is 44.2 Å². The Hall–Kier alpha value is -1.30. The van der Waals surface area contributed by atoms with Crippen LogP contribution in [-0.4, -0.2) is 37.2 Å². The second-order valence-corrected chi connectivity index (χ2v) is 4.54. The molecule has 18 heavy (non-hydrogen) atoms. The predicted octanol–water partition coefficient (Wildman–Crippen LogP) is 1.09. The SMILES string of the molecule is CCC1CC(NCCCN=[N+]=[N-])(C(N)=O)CCO1. The third kappa shape index (κ3) is 3.87. The molecule has 0 radical (unpaired) electrons. The van der Waals surface area contributed by atoms with Gasteiger partial charge in [-0.25, -0.2) is 0 Å². The first-order chi connectivity index (χ1) is 8.64. The Kier molecular flexibility index (Phi) is 5.91. The second kappa shape index (κ2) is 7.20. The molecule has 1 saturated heterocycles. The second-order valence-electron chi connectivity index (χ2n) is 4.54. The number of azide groups is 1. The lowest BCUT2D eigenvalue weighted by atomic mass is 9.85. The van der Waals surface area contributed by atoms with Crippen LogP contribution < -0.4 is 11.1 Å². The van der Waals surface area contributed by atoms with Gasteiger partial charge in [0.2, 0.25) is 5.91 Å². The number of amides is 1. The first-order valence-electron chi connectivity index (χ1n) is 6.32. The quantitative estimate of drug-likeness (QED) is 0.307. The zero-order valence-electron chi connectivity index (χ0n) is 10.8. The van der Waals surface area contributed by atoms with Gasteiger partial charge in [-0.3, -0.25) is 4.79 Å². The van der Waals surface area contributed by atoms with Gasteiger partial charge in [0.05, 0.1) is 6.10 Å². The van der Waals surface area contributed by atoms with E-state index in [4.69, 9.17) is 16.0 Å². The molecule has 1 heterocycles. The van der Waals surface area contributed by atoms with Crippen LogP contribution in [-0.2, 0) is 9.53 Å². The van der Waals surface area contributed by atoms with E-state index in [1.165, 1.54) is 0 Å². The fraction of sp³-hybridized carbons (Fsp3) is 0.909. The summed E-state index contributed by atoms with van der Waals surface area (Å²) in [6, 6.07) is 0. The van der Waals surface area contributed by atoms with Crippen molar-refractivity contribution in [3.63, 3.8) is 0 Å². The Morgan fingerprint density at radius 3 is 3.11 bits per heavy atom. The van der Waals surface area contributed by atoms with Crippen LogP contribution in [0.15, 0.2) is 5.11 Å². The number of rotatable bonds is 7. The normalized spacial score (nSPS) is 27.5. The molecule has 7 heteroatoms. The molecule has 0 aromatic heterocycles. The van der Waals surface area contributed by atoms with Gasteiger partial charge in [0, 0.05) is 24.5 Å². The minimum absolute atomic E-state index is 0.0795. The maximum Gasteiger partial charge on any atom is 0.237 e. The molecule has 1 aliphatic heterocycles. The molecule has 102 valence electrons. The third-order valence-corrected chi connectivity index (χ3v) is 3.35. The van der Waals surface area contributed by atoms with Crippen molar-refractivity contribution in [2.24, 2.45) is 10.8 Å². The molecular weight excluding hydrogens is 234 g/mol. The van der Waals surface area contributed by atoms with Gasteiger partial charge in [0.1, 0.15) is 5.54 Å². The van der Waals surface area contributed by atoms with E-state index in [1.54, 1.807) is 0 Å². The standard InChI is InChI=1S/C11H21N5O2/c1-2-9-8-11(10(12)17,4-7-18-9)14-5-3-6-15-16-13/h9,14H,2-8H2,1H3,(H2,12,17). The third-order valence-electron chi connectivity index (χ3n) is 3.35. The topological polar surface area (TPSA) is 113 Å². The Morgan fingerprint density at radius 2 is 2.50 bits per heavy atom. The zero-order chi connectivity index (χ0) is 13.4. The number of carbonyl (C=O) groups is 1. The fourth-order valence-electron chi connectivity index (χ4n) is 2.21. The van der Waals surface area contributed by atoms with Crippen molar-refractivity contribution in [1.29, 1.82) is 0 Å². The number of hydrogen-bond donors (Lipinski definition) is 2. The number of primary amides is 1. The maximum atomic E-state index is 11.7. The van der Waals surface area contributed by atoms with Crippen molar-refractivity contribution < 1.29 is 9.53 Å². The van der Waals surface area contributed by atoms with E-state index in [-0.39, 0.29) is 12.0 Å². The van der Waals surface area contributed by atoms with Crippen LogP contribution in [0.2, 0.25) is 0 Å². The summed E-state index contributed by atoms with van der Waals surface area (Å²) in [5, 5.41) is 6.67. The van der Waals surface area contributed by atoms with Gasteiger partial charge in [-0.05, 0) is 31.3 Å². The van der Waals surface area contributed by atoms with E-state index in [9.17, 15) is 4.79 Å². The van der Waals surface area contributed by atoms with Gasteiger partial charge in [0.25, 0.3) is 0 Å². The van der Waals surface area contributed by atoms with Crippen molar-refractivity contribution in [3.8, 4) is 0 Å². The van der Waals surface area contributed by atoms with Gasteiger partial charge in [-0.1, -0.05) is 12.0 Å². The summed E-state index contributed by atoms with van der Waals surface area (Å²) in [6.45, 7) is 3.61. The van der Waals surface area contributed by atoms with Crippen LogP contribution in [0.3, 0.4) is 0 Å².